The molecule has 1 aliphatic rings. The lowest BCUT2D eigenvalue weighted by molar-refractivity contribution is 0.0942. The fourth-order valence-electron chi connectivity index (χ4n) is 3.07. The molecule has 3 aromatic rings. The first-order valence-corrected chi connectivity index (χ1v) is 9.76. The lowest BCUT2D eigenvalue weighted by Crippen LogP contribution is -2.46. The molecule has 0 spiro atoms. The van der Waals surface area contributed by atoms with Crippen LogP contribution in [0.3, 0.4) is 0 Å². The van der Waals surface area contributed by atoms with Crippen LogP contribution >= 0.6 is 0 Å². The standard InChI is InChI=1S/C22H21FN4O3/c1-14-2-4-16(5-3-14)13-26-21(29)19(20(28)24-12-15-6-7-15)25-27(22(26)30)18-10-8-17(23)9-11-18/h2-5,8-11,15H,6-7,12-13H2,1H3,(H,24,28). The van der Waals surface area contributed by atoms with Crippen molar-refractivity contribution in [1.82, 2.24) is 19.7 Å². The number of amides is 1. The highest BCUT2D eigenvalue weighted by molar-refractivity contribution is 5.91. The van der Waals surface area contributed by atoms with E-state index in [1.165, 1.54) is 24.3 Å². The maximum Gasteiger partial charge on any atom is 0.352 e. The van der Waals surface area contributed by atoms with Crippen molar-refractivity contribution in [3.8, 4) is 5.69 Å². The Hall–Kier alpha value is -3.55. The molecule has 0 unspecified atom stereocenters. The van der Waals surface area contributed by atoms with Crippen molar-refractivity contribution in [2.45, 2.75) is 26.3 Å². The highest BCUT2D eigenvalue weighted by atomic mass is 19.1. The molecule has 1 aliphatic carbocycles. The smallest absolute Gasteiger partial charge is 0.350 e. The Kier molecular flexibility index (Phi) is 5.31. The highest BCUT2D eigenvalue weighted by Crippen LogP contribution is 2.27. The maximum absolute atomic E-state index is 13.3. The monoisotopic (exact) mass is 408 g/mol. The van der Waals surface area contributed by atoms with E-state index in [0.717, 1.165) is 33.2 Å². The second-order valence-corrected chi connectivity index (χ2v) is 7.55. The van der Waals surface area contributed by atoms with Crippen LogP contribution in [0.5, 0.6) is 0 Å². The minimum absolute atomic E-state index is 0.00936. The van der Waals surface area contributed by atoms with Crippen molar-refractivity contribution >= 4 is 5.91 Å². The van der Waals surface area contributed by atoms with Crippen LogP contribution in [0.2, 0.25) is 0 Å². The fraction of sp³-hybridized carbons (Fsp3) is 0.273. The summed E-state index contributed by atoms with van der Waals surface area (Å²) in [5, 5.41) is 6.74. The van der Waals surface area contributed by atoms with Crippen LogP contribution in [0.1, 0.15) is 34.5 Å². The van der Waals surface area contributed by atoms with Gasteiger partial charge in [-0.15, -0.1) is 0 Å². The van der Waals surface area contributed by atoms with E-state index in [0.29, 0.717) is 12.5 Å². The van der Waals surface area contributed by atoms with Gasteiger partial charge in [0, 0.05) is 6.54 Å². The average Bonchev–Trinajstić information content (AvgIpc) is 3.56. The molecule has 1 heterocycles. The van der Waals surface area contributed by atoms with E-state index in [9.17, 15) is 18.8 Å². The summed E-state index contributed by atoms with van der Waals surface area (Å²) in [6.45, 7) is 2.39. The molecule has 4 rings (SSSR count). The largest absolute Gasteiger partial charge is 0.352 e. The number of rotatable bonds is 6. The predicted octanol–water partition coefficient (Wildman–Crippen LogP) is 2.03. The van der Waals surface area contributed by atoms with Crippen molar-refractivity contribution in [1.29, 1.82) is 0 Å². The van der Waals surface area contributed by atoms with Gasteiger partial charge in [-0.05, 0) is 55.5 Å². The van der Waals surface area contributed by atoms with Gasteiger partial charge in [0.2, 0.25) is 5.69 Å². The molecule has 0 radical (unpaired) electrons. The number of carbonyl (C=O) groups excluding carboxylic acids is 1. The molecular formula is C22H21FN4O3. The van der Waals surface area contributed by atoms with Gasteiger partial charge in [-0.1, -0.05) is 29.8 Å². The second-order valence-electron chi connectivity index (χ2n) is 7.55. The summed E-state index contributed by atoms with van der Waals surface area (Å²) in [6, 6.07) is 12.5. The predicted molar refractivity (Wildman–Crippen MR) is 109 cm³/mol. The lowest BCUT2D eigenvalue weighted by atomic mass is 10.1. The summed E-state index contributed by atoms with van der Waals surface area (Å²) in [7, 11) is 0. The summed E-state index contributed by atoms with van der Waals surface area (Å²) < 4.78 is 15.3. The molecule has 1 saturated carbocycles. The Morgan fingerprint density at radius 1 is 1.10 bits per heavy atom. The number of carbonyl (C=O) groups is 1. The van der Waals surface area contributed by atoms with Gasteiger partial charge in [0.15, 0.2) is 0 Å². The maximum atomic E-state index is 13.3. The first-order chi connectivity index (χ1) is 14.4. The number of hydrogen-bond acceptors (Lipinski definition) is 4. The summed E-state index contributed by atoms with van der Waals surface area (Å²) in [5.74, 6) is -0.672. The topological polar surface area (TPSA) is 86.0 Å². The lowest BCUT2D eigenvalue weighted by Gasteiger charge is -2.12. The van der Waals surface area contributed by atoms with E-state index in [1.54, 1.807) is 0 Å². The molecule has 8 heteroatoms. The third-order valence-corrected chi connectivity index (χ3v) is 5.06. The van der Waals surface area contributed by atoms with Gasteiger partial charge >= 0.3 is 5.69 Å². The molecule has 7 nitrogen and oxygen atoms in total. The Labute approximate surface area is 171 Å². The van der Waals surface area contributed by atoms with E-state index >= 15 is 0 Å². The number of nitrogens with one attached hydrogen (secondary N) is 1. The molecule has 1 amide bonds. The summed E-state index contributed by atoms with van der Waals surface area (Å²) in [6.07, 6.45) is 2.08. The zero-order valence-corrected chi connectivity index (χ0v) is 16.5. The van der Waals surface area contributed by atoms with Gasteiger partial charge in [-0.2, -0.15) is 9.78 Å². The number of nitrogens with zero attached hydrogens (tertiary/aromatic N) is 3. The molecule has 30 heavy (non-hydrogen) atoms. The van der Waals surface area contributed by atoms with Crippen LogP contribution in [-0.2, 0) is 6.54 Å². The average molecular weight is 408 g/mol. The van der Waals surface area contributed by atoms with Crippen LogP contribution in [0, 0.1) is 18.7 Å². The van der Waals surface area contributed by atoms with E-state index in [-0.39, 0.29) is 17.9 Å². The van der Waals surface area contributed by atoms with E-state index in [4.69, 9.17) is 0 Å². The Morgan fingerprint density at radius 2 is 1.77 bits per heavy atom. The molecule has 0 bridgehead atoms. The minimum atomic E-state index is -0.757. The summed E-state index contributed by atoms with van der Waals surface area (Å²) in [4.78, 5) is 38.6. The zero-order chi connectivity index (χ0) is 21.3. The van der Waals surface area contributed by atoms with Crippen molar-refractivity contribution in [3.05, 3.63) is 92.0 Å². The first-order valence-electron chi connectivity index (χ1n) is 9.76. The van der Waals surface area contributed by atoms with Crippen LogP contribution in [0.25, 0.3) is 5.69 Å². The van der Waals surface area contributed by atoms with Crippen LogP contribution in [0.4, 0.5) is 4.39 Å². The number of aromatic nitrogens is 3. The zero-order valence-electron chi connectivity index (χ0n) is 16.5. The highest BCUT2D eigenvalue weighted by Gasteiger charge is 2.25. The third-order valence-electron chi connectivity index (χ3n) is 5.06. The van der Waals surface area contributed by atoms with E-state index in [2.05, 4.69) is 10.4 Å². The first kappa shape index (κ1) is 19.8. The number of benzene rings is 2. The van der Waals surface area contributed by atoms with Gasteiger partial charge in [0.05, 0.1) is 12.2 Å². The number of hydrogen-bond donors (Lipinski definition) is 1. The molecule has 1 aromatic heterocycles. The van der Waals surface area contributed by atoms with Gasteiger partial charge < -0.3 is 5.32 Å². The van der Waals surface area contributed by atoms with E-state index in [1.807, 2.05) is 31.2 Å². The number of halogens is 1. The fourth-order valence-corrected chi connectivity index (χ4v) is 3.07. The molecule has 0 atom stereocenters. The van der Waals surface area contributed by atoms with Crippen molar-refractivity contribution < 1.29 is 9.18 Å². The Bertz CT molecular complexity index is 1190. The molecule has 154 valence electrons. The summed E-state index contributed by atoms with van der Waals surface area (Å²) >= 11 is 0. The molecular weight excluding hydrogens is 387 g/mol. The van der Waals surface area contributed by atoms with Gasteiger partial charge in [-0.25, -0.2) is 9.18 Å². The molecule has 0 aliphatic heterocycles. The summed E-state index contributed by atoms with van der Waals surface area (Å²) in [5.41, 5.74) is 0.214. The second kappa shape index (κ2) is 8.06. The van der Waals surface area contributed by atoms with E-state index < -0.39 is 23.0 Å². The van der Waals surface area contributed by atoms with Crippen molar-refractivity contribution in [3.63, 3.8) is 0 Å². The third kappa shape index (κ3) is 4.22. The van der Waals surface area contributed by atoms with Crippen LogP contribution < -0.4 is 16.6 Å². The van der Waals surface area contributed by atoms with Crippen molar-refractivity contribution in [2.75, 3.05) is 6.54 Å². The molecule has 2 aromatic carbocycles. The molecule has 0 saturated heterocycles. The molecule has 1 fully saturated rings. The SMILES string of the molecule is Cc1ccc(Cn2c(=O)c(C(=O)NCC3CC3)nn(-c3ccc(F)cc3)c2=O)cc1. The van der Waals surface area contributed by atoms with Gasteiger partial charge in [0.25, 0.3) is 11.5 Å². The minimum Gasteiger partial charge on any atom is -0.350 e. The Morgan fingerprint density at radius 3 is 2.40 bits per heavy atom. The van der Waals surface area contributed by atoms with Gasteiger partial charge in [-0.3, -0.25) is 14.2 Å². The van der Waals surface area contributed by atoms with Crippen LogP contribution in [0.15, 0.2) is 58.1 Å². The van der Waals surface area contributed by atoms with Crippen molar-refractivity contribution in [2.24, 2.45) is 5.92 Å². The number of aryl methyl sites for hydroxylation is 1. The Balaban J connectivity index is 1.80. The quantitative estimate of drug-likeness (QED) is 0.676. The van der Waals surface area contributed by atoms with Gasteiger partial charge in [0.1, 0.15) is 5.82 Å². The molecule has 1 N–H and O–H groups in total. The van der Waals surface area contributed by atoms with Crippen LogP contribution in [-0.4, -0.2) is 26.8 Å². The normalized spacial score (nSPS) is 13.3.